The number of nitrogen functional groups attached to an aromatic ring is 1. The summed E-state index contributed by atoms with van der Waals surface area (Å²) in [6, 6.07) is 8.39. The number of amides is 2. The number of carbonyl (C=O) groups is 2. The van der Waals surface area contributed by atoms with Crippen LogP contribution in [0.3, 0.4) is 0 Å². The van der Waals surface area contributed by atoms with Gasteiger partial charge in [-0.2, -0.15) is 0 Å². The normalized spacial score (nSPS) is 18.4. The summed E-state index contributed by atoms with van der Waals surface area (Å²) in [6.45, 7) is 6.36. The summed E-state index contributed by atoms with van der Waals surface area (Å²) in [5.74, 6) is 0.986. The number of carbonyl (C=O) groups excluding carboxylic acids is 2. The topological polar surface area (TPSA) is 101 Å². The molecule has 3 aromatic rings. The number of rotatable bonds is 3. The first-order chi connectivity index (χ1) is 14.4. The smallest absolute Gasteiger partial charge is 0.221 e. The van der Waals surface area contributed by atoms with Gasteiger partial charge in [-0.15, -0.1) is 11.3 Å². The highest BCUT2D eigenvalue weighted by atomic mass is 32.1. The Morgan fingerprint density at radius 1 is 1.30 bits per heavy atom. The molecule has 4 rings (SSSR count). The molecule has 0 aliphatic carbocycles. The molecule has 7 nitrogen and oxygen atoms in total. The zero-order chi connectivity index (χ0) is 21.7. The fraction of sp³-hybridized carbons (Fsp3) is 0.364. The molecule has 0 radical (unpaired) electrons. The van der Waals surface area contributed by atoms with E-state index in [-0.39, 0.29) is 11.9 Å². The van der Waals surface area contributed by atoms with Gasteiger partial charge in [0.15, 0.2) is 0 Å². The number of aryl methyl sites for hydroxylation is 1. The highest BCUT2D eigenvalue weighted by molar-refractivity contribution is 7.16. The molecule has 1 aliphatic rings. The van der Waals surface area contributed by atoms with Crippen LogP contribution in [0.25, 0.3) is 10.2 Å². The van der Waals surface area contributed by atoms with Crippen LogP contribution in [0.5, 0.6) is 0 Å². The molecule has 1 unspecified atom stereocenters. The largest absolute Gasteiger partial charge is 0.383 e. The van der Waals surface area contributed by atoms with E-state index in [1.807, 2.05) is 17.3 Å². The number of nitrogens with two attached hydrogens (primary N) is 1. The zero-order valence-electron chi connectivity index (χ0n) is 17.5. The fourth-order valence-electron chi connectivity index (χ4n) is 3.60. The van der Waals surface area contributed by atoms with Gasteiger partial charge in [-0.05, 0) is 55.0 Å². The molecule has 0 spiro atoms. The van der Waals surface area contributed by atoms with Crippen LogP contribution in [0, 0.1) is 12.8 Å². The lowest BCUT2D eigenvalue weighted by Crippen LogP contribution is -2.36. The Labute approximate surface area is 180 Å². The number of thiazole rings is 1. The molecule has 2 aromatic heterocycles. The van der Waals surface area contributed by atoms with E-state index < -0.39 is 0 Å². The van der Waals surface area contributed by atoms with Gasteiger partial charge in [0, 0.05) is 13.5 Å². The third kappa shape index (κ3) is 5.33. The van der Waals surface area contributed by atoms with Crippen molar-refractivity contribution in [2.24, 2.45) is 5.92 Å². The van der Waals surface area contributed by atoms with Crippen LogP contribution in [0.1, 0.15) is 43.9 Å². The number of piperidine rings is 1. The molecule has 1 fully saturated rings. The Hall–Kier alpha value is -3.00. The van der Waals surface area contributed by atoms with Crippen LogP contribution in [0.4, 0.5) is 11.5 Å². The highest BCUT2D eigenvalue weighted by Gasteiger charge is 2.26. The SMILES string of the molecule is CC(=O)Nc1cnc(N)c(C)c1.CC1CC[C@H](c2ccc3scnc3c2)N(C=O)C1. The summed E-state index contributed by atoms with van der Waals surface area (Å²) < 4.78 is 1.21. The molecule has 158 valence electrons. The summed E-state index contributed by atoms with van der Waals surface area (Å²) in [5, 5.41) is 2.62. The summed E-state index contributed by atoms with van der Waals surface area (Å²) in [5.41, 5.74) is 11.2. The van der Waals surface area contributed by atoms with Crippen LogP contribution in [0.15, 0.2) is 36.0 Å². The standard InChI is InChI=1S/C14H16N2OS.C8H11N3O/c1-10-2-4-13(16(7-10)9-17)11-3-5-14-12(6-11)15-8-18-14;1-5-3-7(11-6(2)12)4-10-8(5)9/h3,5-6,8-10,13H,2,4,7H2,1H3;3-4H,1-2H3,(H2,9,10)(H,11,12)/t10?,13-;/m1./s1. The molecular weight excluding hydrogens is 398 g/mol. The second-order valence-electron chi connectivity index (χ2n) is 7.69. The predicted molar refractivity (Wildman–Crippen MR) is 121 cm³/mol. The number of nitrogens with one attached hydrogen (secondary N) is 1. The molecule has 1 aromatic carbocycles. The van der Waals surface area contributed by atoms with Crippen LogP contribution < -0.4 is 11.1 Å². The van der Waals surface area contributed by atoms with Crippen LogP contribution in [-0.4, -0.2) is 33.7 Å². The first-order valence-corrected chi connectivity index (χ1v) is 10.8. The molecule has 2 atom stereocenters. The van der Waals surface area contributed by atoms with Crippen LogP contribution in [0.2, 0.25) is 0 Å². The molecule has 1 saturated heterocycles. The van der Waals surface area contributed by atoms with Crippen molar-refractivity contribution < 1.29 is 9.59 Å². The van der Waals surface area contributed by atoms with Gasteiger partial charge in [0.2, 0.25) is 12.3 Å². The third-order valence-electron chi connectivity index (χ3n) is 5.17. The molecule has 8 heteroatoms. The number of hydrogen-bond donors (Lipinski definition) is 2. The van der Waals surface area contributed by atoms with Gasteiger partial charge >= 0.3 is 0 Å². The maximum atomic E-state index is 11.2. The summed E-state index contributed by atoms with van der Waals surface area (Å²) in [6.07, 6.45) is 4.76. The maximum absolute atomic E-state index is 11.2. The Bertz CT molecular complexity index is 1040. The minimum atomic E-state index is -0.110. The van der Waals surface area contributed by atoms with E-state index in [9.17, 15) is 9.59 Å². The summed E-state index contributed by atoms with van der Waals surface area (Å²) in [7, 11) is 0. The first kappa shape index (κ1) is 21.7. The lowest BCUT2D eigenvalue weighted by atomic mass is 9.90. The van der Waals surface area contributed by atoms with E-state index in [0.717, 1.165) is 30.5 Å². The van der Waals surface area contributed by atoms with Crippen molar-refractivity contribution in [3.63, 3.8) is 0 Å². The minimum absolute atomic E-state index is 0.110. The van der Waals surface area contributed by atoms with E-state index in [2.05, 4.69) is 40.4 Å². The second kappa shape index (κ2) is 9.67. The van der Waals surface area contributed by atoms with Crippen LogP contribution >= 0.6 is 11.3 Å². The quantitative estimate of drug-likeness (QED) is 0.614. The number of benzene rings is 1. The minimum Gasteiger partial charge on any atom is -0.383 e. The second-order valence-corrected chi connectivity index (χ2v) is 8.57. The molecule has 2 amide bonds. The Morgan fingerprint density at radius 2 is 2.10 bits per heavy atom. The number of nitrogens with zero attached hydrogens (tertiary/aromatic N) is 3. The van der Waals surface area contributed by atoms with Gasteiger partial charge in [0.25, 0.3) is 0 Å². The summed E-state index contributed by atoms with van der Waals surface area (Å²) in [4.78, 5) is 32.0. The average Bonchev–Trinajstić information content (AvgIpc) is 3.18. The van der Waals surface area contributed by atoms with Gasteiger partial charge in [0.05, 0.1) is 33.7 Å². The van der Waals surface area contributed by atoms with E-state index >= 15 is 0 Å². The Balaban J connectivity index is 0.000000187. The van der Waals surface area contributed by atoms with E-state index in [1.54, 1.807) is 17.4 Å². The van der Waals surface area contributed by atoms with Gasteiger partial charge in [-0.25, -0.2) is 9.97 Å². The number of hydrogen-bond acceptors (Lipinski definition) is 6. The first-order valence-electron chi connectivity index (χ1n) is 9.91. The van der Waals surface area contributed by atoms with Crippen molar-refractivity contribution >= 4 is 45.4 Å². The van der Waals surface area contributed by atoms with Crippen molar-refractivity contribution in [1.29, 1.82) is 0 Å². The van der Waals surface area contributed by atoms with Gasteiger partial charge in [-0.3, -0.25) is 9.59 Å². The fourth-order valence-corrected chi connectivity index (χ4v) is 4.26. The molecule has 3 heterocycles. The van der Waals surface area contributed by atoms with E-state index in [0.29, 0.717) is 17.4 Å². The number of likely N-dealkylation sites (tertiary alicyclic amines) is 1. The molecule has 3 N–H and O–H groups in total. The van der Waals surface area contributed by atoms with Crippen molar-refractivity contribution in [2.75, 3.05) is 17.6 Å². The number of fused-ring (bicyclic) bond motifs is 1. The predicted octanol–water partition coefficient (Wildman–Crippen LogP) is 4.16. The average molecular weight is 426 g/mol. The Morgan fingerprint density at radius 3 is 2.80 bits per heavy atom. The molecular formula is C22H27N5O2S. The molecule has 0 bridgehead atoms. The van der Waals surface area contributed by atoms with Crippen molar-refractivity contribution in [1.82, 2.24) is 14.9 Å². The Kier molecular flexibility index (Phi) is 6.99. The zero-order valence-corrected chi connectivity index (χ0v) is 18.3. The number of aromatic nitrogens is 2. The maximum Gasteiger partial charge on any atom is 0.221 e. The van der Waals surface area contributed by atoms with Crippen molar-refractivity contribution in [2.45, 2.75) is 39.7 Å². The van der Waals surface area contributed by atoms with Gasteiger partial charge < -0.3 is 16.0 Å². The van der Waals surface area contributed by atoms with Gasteiger partial charge in [0.1, 0.15) is 5.82 Å². The van der Waals surface area contributed by atoms with Gasteiger partial charge in [-0.1, -0.05) is 13.0 Å². The van der Waals surface area contributed by atoms with Crippen molar-refractivity contribution in [3.05, 3.63) is 47.1 Å². The lowest BCUT2D eigenvalue weighted by Gasteiger charge is -2.36. The molecule has 30 heavy (non-hydrogen) atoms. The third-order valence-corrected chi connectivity index (χ3v) is 5.98. The van der Waals surface area contributed by atoms with Crippen molar-refractivity contribution in [3.8, 4) is 0 Å². The van der Waals surface area contributed by atoms with E-state index in [1.165, 1.54) is 29.8 Å². The number of anilines is 2. The lowest BCUT2D eigenvalue weighted by molar-refractivity contribution is -0.122. The monoisotopic (exact) mass is 425 g/mol. The van der Waals surface area contributed by atoms with E-state index in [4.69, 9.17) is 5.73 Å². The molecule has 1 aliphatic heterocycles. The van der Waals surface area contributed by atoms with Crippen LogP contribution in [-0.2, 0) is 9.59 Å². The highest BCUT2D eigenvalue weighted by Crippen LogP contribution is 2.33. The number of pyridine rings is 1. The summed E-state index contributed by atoms with van der Waals surface area (Å²) >= 11 is 1.66. The molecule has 0 saturated carbocycles.